The van der Waals surface area contributed by atoms with Gasteiger partial charge in [0.25, 0.3) is 0 Å². The van der Waals surface area contributed by atoms with E-state index in [1.807, 2.05) is 13.8 Å². The first-order chi connectivity index (χ1) is 14.0. The fourth-order valence-corrected chi connectivity index (χ4v) is 5.31. The monoisotopic (exact) mass is 467 g/mol. The first-order valence-corrected chi connectivity index (χ1v) is 12.2. The molecule has 0 bridgehead atoms. The molecule has 0 fully saturated rings. The quantitative estimate of drug-likeness (QED) is 0.593. The van der Waals surface area contributed by atoms with E-state index in [0.29, 0.717) is 22.0 Å². The van der Waals surface area contributed by atoms with Gasteiger partial charge < -0.3 is 5.32 Å². The second-order valence-corrected chi connectivity index (χ2v) is 10.5. The number of carbonyl (C=O) groups is 1. The molecule has 0 unspecified atom stereocenters. The SMILES string of the molecule is Cc1c(Cl)cccc1N(CC(=O)Nc1ccc2c(c1)sc(=O)n2C(C)C)S(C)(=O)=O. The molecule has 0 spiro atoms. The average Bonchev–Trinajstić information content (AvgIpc) is 2.96. The lowest BCUT2D eigenvalue weighted by atomic mass is 10.2. The van der Waals surface area contributed by atoms with Gasteiger partial charge in [-0.05, 0) is 56.7 Å². The van der Waals surface area contributed by atoms with Crippen molar-refractivity contribution in [2.75, 3.05) is 22.4 Å². The van der Waals surface area contributed by atoms with Crippen LogP contribution in [0.15, 0.2) is 41.2 Å². The molecular formula is C20H22ClN3O4S2. The molecule has 160 valence electrons. The van der Waals surface area contributed by atoms with Crippen LogP contribution in [0.1, 0.15) is 25.5 Å². The highest BCUT2D eigenvalue weighted by molar-refractivity contribution is 7.92. The molecule has 0 aliphatic heterocycles. The molecule has 10 heteroatoms. The smallest absolute Gasteiger partial charge is 0.308 e. The minimum atomic E-state index is -3.72. The summed E-state index contributed by atoms with van der Waals surface area (Å²) in [6.07, 6.45) is 1.04. The molecule has 0 saturated heterocycles. The lowest BCUT2D eigenvalue weighted by Gasteiger charge is -2.24. The van der Waals surface area contributed by atoms with Crippen LogP contribution < -0.4 is 14.5 Å². The first-order valence-electron chi connectivity index (χ1n) is 9.17. The van der Waals surface area contributed by atoms with Gasteiger partial charge in [0.05, 0.1) is 22.2 Å². The Labute approximate surface area is 183 Å². The van der Waals surface area contributed by atoms with E-state index in [0.717, 1.165) is 32.1 Å². The summed E-state index contributed by atoms with van der Waals surface area (Å²) in [6, 6.07) is 10.1. The summed E-state index contributed by atoms with van der Waals surface area (Å²) < 4.78 is 28.1. The van der Waals surface area contributed by atoms with E-state index in [-0.39, 0.29) is 10.9 Å². The van der Waals surface area contributed by atoms with E-state index in [1.54, 1.807) is 47.9 Å². The zero-order chi connectivity index (χ0) is 22.2. The number of nitrogens with one attached hydrogen (secondary N) is 1. The molecule has 1 amide bonds. The number of hydrogen-bond acceptors (Lipinski definition) is 5. The number of aromatic nitrogens is 1. The lowest BCUT2D eigenvalue weighted by molar-refractivity contribution is -0.114. The molecule has 3 aromatic rings. The summed E-state index contributed by atoms with van der Waals surface area (Å²) >= 11 is 7.22. The highest BCUT2D eigenvalue weighted by Crippen LogP contribution is 2.28. The Balaban J connectivity index is 1.87. The highest BCUT2D eigenvalue weighted by atomic mass is 35.5. The van der Waals surface area contributed by atoms with E-state index in [2.05, 4.69) is 5.32 Å². The van der Waals surface area contributed by atoms with Gasteiger partial charge in [-0.3, -0.25) is 18.5 Å². The number of anilines is 2. The zero-order valence-electron chi connectivity index (χ0n) is 17.0. The van der Waals surface area contributed by atoms with Gasteiger partial charge in [0, 0.05) is 16.8 Å². The van der Waals surface area contributed by atoms with Gasteiger partial charge in [0.1, 0.15) is 6.54 Å². The van der Waals surface area contributed by atoms with Crippen molar-refractivity contribution in [3.05, 3.63) is 56.7 Å². The molecule has 1 aromatic heterocycles. The summed E-state index contributed by atoms with van der Waals surface area (Å²) in [5, 5.41) is 3.13. The van der Waals surface area contributed by atoms with Gasteiger partial charge in [-0.1, -0.05) is 29.0 Å². The predicted octanol–water partition coefficient (Wildman–Crippen LogP) is 4.01. The van der Waals surface area contributed by atoms with E-state index in [1.165, 1.54) is 0 Å². The minimum absolute atomic E-state index is 0.0240. The van der Waals surface area contributed by atoms with Crippen LogP contribution in [0.2, 0.25) is 5.02 Å². The van der Waals surface area contributed by atoms with Gasteiger partial charge >= 0.3 is 4.87 Å². The average molecular weight is 468 g/mol. The largest absolute Gasteiger partial charge is 0.324 e. The number of sulfonamides is 1. The molecule has 30 heavy (non-hydrogen) atoms. The molecule has 7 nitrogen and oxygen atoms in total. The summed E-state index contributed by atoms with van der Waals surface area (Å²) in [5.74, 6) is -0.505. The molecule has 0 saturated carbocycles. The van der Waals surface area contributed by atoms with Gasteiger partial charge in [0.15, 0.2) is 0 Å². The topological polar surface area (TPSA) is 88.5 Å². The fraction of sp³-hybridized carbons (Fsp3) is 0.300. The third-order valence-corrected chi connectivity index (χ3v) is 7.06. The Bertz CT molecular complexity index is 1280. The second kappa shape index (κ2) is 8.41. The standard InChI is InChI=1S/C20H22ClN3O4S2/c1-12(2)24-17-9-8-14(10-18(17)29-20(24)26)22-19(25)11-23(30(4,27)28)16-7-5-6-15(21)13(16)3/h5-10,12H,11H2,1-4H3,(H,22,25). The van der Waals surface area contributed by atoms with Gasteiger partial charge in [0.2, 0.25) is 15.9 Å². The van der Waals surface area contributed by atoms with Crippen molar-refractivity contribution in [2.45, 2.75) is 26.8 Å². The fourth-order valence-electron chi connectivity index (χ4n) is 3.18. The molecule has 1 N–H and O–H groups in total. The Hall–Kier alpha value is -2.36. The summed E-state index contributed by atoms with van der Waals surface area (Å²) in [7, 11) is -3.72. The van der Waals surface area contributed by atoms with Gasteiger partial charge in [-0.25, -0.2) is 8.42 Å². The number of thiazole rings is 1. The van der Waals surface area contributed by atoms with Crippen LogP contribution in [0.3, 0.4) is 0 Å². The first kappa shape index (κ1) is 22.3. The van der Waals surface area contributed by atoms with Crippen LogP contribution in [0.5, 0.6) is 0 Å². The summed E-state index contributed by atoms with van der Waals surface area (Å²) in [5.41, 5.74) is 2.20. The maximum Gasteiger partial charge on any atom is 0.308 e. The number of nitrogens with zero attached hydrogens (tertiary/aromatic N) is 2. The molecule has 2 aromatic carbocycles. The maximum absolute atomic E-state index is 12.6. The van der Waals surface area contributed by atoms with Gasteiger partial charge in [-0.2, -0.15) is 0 Å². The van der Waals surface area contributed by atoms with Crippen molar-refractivity contribution < 1.29 is 13.2 Å². The third-order valence-electron chi connectivity index (χ3n) is 4.61. The summed E-state index contributed by atoms with van der Waals surface area (Å²) in [6.45, 7) is 5.16. The number of halogens is 1. The van der Waals surface area contributed by atoms with Crippen molar-refractivity contribution >= 4 is 60.5 Å². The van der Waals surface area contributed by atoms with Crippen LogP contribution in [-0.2, 0) is 14.8 Å². The van der Waals surface area contributed by atoms with Crippen LogP contribution in [-0.4, -0.2) is 31.7 Å². The number of benzene rings is 2. The zero-order valence-corrected chi connectivity index (χ0v) is 19.4. The van der Waals surface area contributed by atoms with Crippen molar-refractivity contribution in [1.29, 1.82) is 0 Å². The van der Waals surface area contributed by atoms with Gasteiger partial charge in [-0.15, -0.1) is 0 Å². The number of amides is 1. The third kappa shape index (κ3) is 4.53. The Morgan fingerprint density at radius 1 is 1.27 bits per heavy atom. The highest BCUT2D eigenvalue weighted by Gasteiger charge is 2.23. The van der Waals surface area contributed by atoms with E-state index in [4.69, 9.17) is 11.6 Å². The molecule has 0 aliphatic rings. The molecule has 0 atom stereocenters. The Kier molecular flexibility index (Phi) is 6.26. The van der Waals surface area contributed by atoms with Crippen LogP contribution in [0.25, 0.3) is 10.2 Å². The lowest BCUT2D eigenvalue weighted by Crippen LogP contribution is -2.37. The summed E-state index contributed by atoms with van der Waals surface area (Å²) in [4.78, 5) is 24.8. The van der Waals surface area contributed by atoms with E-state index in [9.17, 15) is 18.0 Å². The van der Waals surface area contributed by atoms with Crippen molar-refractivity contribution in [2.24, 2.45) is 0 Å². The normalized spacial score (nSPS) is 11.8. The molecule has 0 aliphatic carbocycles. The Morgan fingerprint density at radius 3 is 2.60 bits per heavy atom. The number of rotatable bonds is 6. The maximum atomic E-state index is 12.6. The molecule has 0 radical (unpaired) electrons. The van der Waals surface area contributed by atoms with E-state index < -0.39 is 22.5 Å². The second-order valence-electron chi connectivity index (χ2n) is 7.22. The molecular weight excluding hydrogens is 446 g/mol. The van der Waals surface area contributed by atoms with Crippen molar-refractivity contribution in [3.63, 3.8) is 0 Å². The molecule has 3 rings (SSSR count). The van der Waals surface area contributed by atoms with Crippen molar-refractivity contribution in [1.82, 2.24) is 4.57 Å². The van der Waals surface area contributed by atoms with Crippen LogP contribution in [0, 0.1) is 6.92 Å². The Morgan fingerprint density at radius 2 is 1.97 bits per heavy atom. The van der Waals surface area contributed by atoms with Crippen LogP contribution >= 0.6 is 22.9 Å². The van der Waals surface area contributed by atoms with Crippen molar-refractivity contribution in [3.8, 4) is 0 Å². The number of fused-ring (bicyclic) bond motifs is 1. The predicted molar refractivity (Wildman–Crippen MR) is 123 cm³/mol. The molecule has 1 heterocycles. The van der Waals surface area contributed by atoms with E-state index >= 15 is 0 Å². The minimum Gasteiger partial charge on any atom is -0.324 e. The van der Waals surface area contributed by atoms with Crippen LogP contribution in [0.4, 0.5) is 11.4 Å². The number of hydrogen-bond donors (Lipinski definition) is 1. The number of carbonyl (C=O) groups excluding carboxylic acids is 1.